The molecule has 0 unspecified atom stereocenters. The van der Waals surface area contributed by atoms with Crippen LogP contribution in [0, 0.1) is 0 Å². The van der Waals surface area contributed by atoms with E-state index >= 15 is 0 Å². The Kier molecular flexibility index (Phi) is 8.28. The lowest BCUT2D eigenvalue weighted by Crippen LogP contribution is -2.71. The van der Waals surface area contributed by atoms with Crippen LogP contribution in [0.3, 0.4) is 0 Å². The number of nitrogen functional groups attached to an aromatic ring is 1. The summed E-state index contributed by atoms with van der Waals surface area (Å²) in [5, 5.41) is 7.59. The topological polar surface area (TPSA) is 163 Å². The van der Waals surface area contributed by atoms with Gasteiger partial charge in [-0.1, -0.05) is 24.2 Å². The minimum absolute atomic E-state index is 0.0501. The molecule has 0 aliphatic carbocycles. The van der Waals surface area contributed by atoms with Gasteiger partial charge in [0.1, 0.15) is 29.9 Å². The molecule has 3 N–H and O–H groups in total. The van der Waals surface area contributed by atoms with Crippen LogP contribution in [0.25, 0.3) is 0 Å². The van der Waals surface area contributed by atoms with E-state index in [-0.39, 0.29) is 22.2 Å². The molecule has 1 aromatic rings. The minimum Gasteiger partial charge on any atom is -0.428 e. The van der Waals surface area contributed by atoms with Crippen LogP contribution in [0.1, 0.15) is 26.0 Å². The Morgan fingerprint density at radius 2 is 2.15 bits per heavy atom. The molecule has 0 radical (unpaired) electrons. The van der Waals surface area contributed by atoms with Crippen LogP contribution >= 0.6 is 23.1 Å². The van der Waals surface area contributed by atoms with Gasteiger partial charge in [0, 0.05) is 18.1 Å². The number of carbonyl (C=O) groups is 4. The summed E-state index contributed by atoms with van der Waals surface area (Å²) in [6.07, 6.45) is 4.33. The van der Waals surface area contributed by atoms with Crippen molar-refractivity contribution in [3.8, 4) is 0 Å². The van der Waals surface area contributed by atoms with Crippen molar-refractivity contribution in [3.05, 3.63) is 34.5 Å². The van der Waals surface area contributed by atoms with Crippen molar-refractivity contribution in [2.75, 3.05) is 25.4 Å². The maximum absolute atomic E-state index is 13.0. The number of thiazole rings is 1. The Bertz CT molecular complexity index is 1080. The summed E-state index contributed by atoms with van der Waals surface area (Å²) in [5.74, 6) is -2.19. The number of allylic oxidation sites excluding steroid dienone is 2. The third-order valence-corrected chi connectivity index (χ3v) is 6.62. The number of rotatable bonds is 9. The van der Waals surface area contributed by atoms with Crippen LogP contribution in [0.2, 0.25) is 0 Å². The number of amides is 2. The lowest BCUT2D eigenvalue weighted by Gasteiger charge is -2.49. The molecule has 0 spiro atoms. The van der Waals surface area contributed by atoms with Gasteiger partial charge in [-0.3, -0.25) is 19.3 Å². The van der Waals surface area contributed by atoms with E-state index in [1.54, 1.807) is 11.5 Å². The van der Waals surface area contributed by atoms with Crippen molar-refractivity contribution in [1.29, 1.82) is 0 Å². The number of thioether (sulfide) groups is 1. The lowest BCUT2D eigenvalue weighted by atomic mass is 10.0. The third kappa shape index (κ3) is 5.39. The van der Waals surface area contributed by atoms with Crippen molar-refractivity contribution < 1.29 is 33.5 Å². The van der Waals surface area contributed by atoms with E-state index in [2.05, 4.69) is 20.2 Å². The quantitative estimate of drug-likeness (QED) is 0.160. The number of esters is 2. The maximum atomic E-state index is 13.0. The van der Waals surface area contributed by atoms with Gasteiger partial charge in [-0.05, 0) is 12.0 Å². The number of oxime groups is 1. The summed E-state index contributed by atoms with van der Waals surface area (Å²) in [6.45, 7) is 2.54. The highest BCUT2D eigenvalue weighted by atomic mass is 32.2. The van der Waals surface area contributed by atoms with E-state index in [9.17, 15) is 19.2 Å². The molecule has 1 fully saturated rings. The zero-order chi connectivity index (χ0) is 24.8. The first-order valence-corrected chi connectivity index (χ1v) is 12.0. The smallest absolute Gasteiger partial charge is 0.358 e. The first kappa shape index (κ1) is 25.2. The molecule has 14 heteroatoms. The number of β-lactam (4-membered cyclic amide) rings is 1. The Morgan fingerprint density at radius 3 is 2.76 bits per heavy atom. The van der Waals surface area contributed by atoms with Gasteiger partial charge in [0.2, 0.25) is 6.79 Å². The highest BCUT2D eigenvalue weighted by molar-refractivity contribution is 8.00. The van der Waals surface area contributed by atoms with Gasteiger partial charge in [-0.25, -0.2) is 9.78 Å². The van der Waals surface area contributed by atoms with Gasteiger partial charge < -0.3 is 25.4 Å². The van der Waals surface area contributed by atoms with Crippen LogP contribution in [0.5, 0.6) is 0 Å². The number of hydrogen-bond donors (Lipinski definition) is 2. The Hall–Kier alpha value is -3.39. The van der Waals surface area contributed by atoms with E-state index in [4.69, 9.17) is 15.3 Å². The summed E-state index contributed by atoms with van der Waals surface area (Å²) < 4.78 is 9.70. The molecule has 2 atom stereocenters. The zero-order valence-electron chi connectivity index (χ0n) is 18.6. The largest absolute Gasteiger partial charge is 0.428 e. The first-order chi connectivity index (χ1) is 16.3. The summed E-state index contributed by atoms with van der Waals surface area (Å²) in [5.41, 5.74) is 6.36. The molecule has 2 amide bonds. The molecular weight excluding hydrogens is 486 g/mol. The van der Waals surface area contributed by atoms with Crippen LogP contribution in [0.15, 0.2) is 34.0 Å². The number of ether oxygens (including phenoxy) is 2. The molecule has 3 rings (SSSR count). The molecule has 34 heavy (non-hydrogen) atoms. The molecule has 2 aliphatic heterocycles. The van der Waals surface area contributed by atoms with Crippen molar-refractivity contribution in [1.82, 2.24) is 15.2 Å². The fraction of sp³-hybridized carbons (Fsp3) is 0.400. The highest BCUT2D eigenvalue weighted by Crippen LogP contribution is 2.41. The lowest BCUT2D eigenvalue weighted by molar-refractivity contribution is -0.166. The monoisotopic (exact) mass is 509 g/mol. The van der Waals surface area contributed by atoms with E-state index in [1.807, 2.05) is 13.0 Å². The normalized spacial score (nSPS) is 20.0. The molecule has 2 aliphatic rings. The van der Waals surface area contributed by atoms with E-state index in [0.29, 0.717) is 11.3 Å². The molecule has 0 aromatic carbocycles. The molecule has 182 valence electrons. The molecule has 12 nitrogen and oxygen atoms in total. The number of carbonyl (C=O) groups excluding carboxylic acids is 4. The zero-order valence-corrected chi connectivity index (χ0v) is 20.2. The predicted molar refractivity (Wildman–Crippen MR) is 124 cm³/mol. The molecule has 3 heterocycles. The van der Waals surface area contributed by atoms with Gasteiger partial charge in [0.05, 0.1) is 0 Å². The average Bonchev–Trinajstić information content (AvgIpc) is 3.24. The van der Waals surface area contributed by atoms with Crippen molar-refractivity contribution in [2.45, 2.75) is 31.7 Å². The number of nitrogens with one attached hydrogen (secondary N) is 1. The number of aromatic nitrogens is 1. The van der Waals surface area contributed by atoms with Crippen LogP contribution in [0.4, 0.5) is 5.13 Å². The highest BCUT2D eigenvalue weighted by Gasteiger charge is 2.54. The summed E-state index contributed by atoms with van der Waals surface area (Å²) in [6, 6.07) is -0.913. The summed E-state index contributed by atoms with van der Waals surface area (Å²) >= 11 is 2.51. The molecule has 0 saturated carbocycles. The van der Waals surface area contributed by atoms with E-state index in [0.717, 1.165) is 17.8 Å². The minimum atomic E-state index is -0.913. The fourth-order valence-electron chi connectivity index (χ4n) is 3.16. The van der Waals surface area contributed by atoms with Crippen LogP contribution in [-0.4, -0.2) is 70.4 Å². The second-order valence-electron chi connectivity index (χ2n) is 6.92. The van der Waals surface area contributed by atoms with E-state index < -0.39 is 42.0 Å². The number of nitrogens with two attached hydrogens (primary N) is 1. The molecule has 1 saturated heterocycles. The van der Waals surface area contributed by atoms with Crippen LogP contribution in [-0.2, 0) is 33.5 Å². The fourth-order valence-corrected chi connectivity index (χ4v) is 5.02. The average molecular weight is 510 g/mol. The van der Waals surface area contributed by atoms with Gasteiger partial charge in [-0.2, -0.15) is 0 Å². The molecule has 1 aromatic heterocycles. The van der Waals surface area contributed by atoms with Crippen molar-refractivity contribution >= 4 is 57.7 Å². The number of anilines is 1. The van der Waals surface area contributed by atoms with Crippen molar-refractivity contribution in [2.24, 2.45) is 5.16 Å². The Labute approximate surface area is 203 Å². The van der Waals surface area contributed by atoms with E-state index in [1.165, 1.54) is 30.7 Å². The van der Waals surface area contributed by atoms with Gasteiger partial charge in [0.15, 0.2) is 10.8 Å². The van der Waals surface area contributed by atoms with Gasteiger partial charge in [-0.15, -0.1) is 23.1 Å². The Morgan fingerprint density at radius 1 is 1.38 bits per heavy atom. The second kappa shape index (κ2) is 11.2. The van der Waals surface area contributed by atoms with Crippen molar-refractivity contribution in [3.63, 3.8) is 0 Å². The first-order valence-electron chi connectivity index (χ1n) is 10.1. The van der Waals surface area contributed by atoms with Gasteiger partial charge >= 0.3 is 11.9 Å². The molecular formula is C20H23N5O7S2. The summed E-state index contributed by atoms with van der Waals surface area (Å²) in [4.78, 5) is 59.6. The van der Waals surface area contributed by atoms with Gasteiger partial charge in [0.25, 0.3) is 11.8 Å². The SMILES string of the molecule is CC/C=C/C1=C(C(=O)OCOC(C)=O)N2C(=O)[C@@H](NC(=O)/C(=N\OC)c3csc(N)n3)[C@@H]2SC1. The van der Waals surface area contributed by atoms with Crippen LogP contribution < -0.4 is 11.1 Å². The number of nitrogens with zero attached hydrogens (tertiary/aromatic N) is 3. The third-order valence-electron chi connectivity index (χ3n) is 4.65. The standard InChI is InChI=1S/C20H23N5O7S2/c1-4-5-6-11-7-33-18-14(17(28)25(18)15(11)19(29)32-9-31-10(2)26)23-16(27)13(24-30-3)12-8-34-20(21)22-12/h5-6,8,14,18H,4,7,9H2,1-3H3,(H2,21,22)(H,23,27)/b6-5+,24-13-/t14-,18+/m1/s1. The predicted octanol–water partition coefficient (Wildman–Crippen LogP) is 0.760. The Balaban J connectivity index is 1.79. The number of fused-ring (bicyclic) bond motifs is 1. The second-order valence-corrected chi connectivity index (χ2v) is 8.92. The summed E-state index contributed by atoms with van der Waals surface area (Å²) in [7, 11) is 1.28. The number of hydrogen-bond acceptors (Lipinski definition) is 12. The molecule has 0 bridgehead atoms. The maximum Gasteiger partial charge on any atom is 0.358 e.